The smallest absolute Gasteiger partial charge is 0.137 e. The molecule has 0 radical (unpaired) electrons. The SMILES string of the molecule is c1ccc(-n2c3ccccc3c3ccc(N(c4ccc5c(c4)C(c4ccccc4)(c4ccccc4)c4ccc6ccccc6c4-5)c4cccc5oc6ccccc6c45)cc32)cc1. The molecule has 3 heteroatoms. The van der Waals surface area contributed by atoms with Gasteiger partial charge >= 0.3 is 0 Å². The van der Waals surface area contributed by atoms with Gasteiger partial charge in [0.05, 0.1) is 27.5 Å². The predicted molar refractivity (Wildman–Crippen MR) is 258 cm³/mol. The number of nitrogens with zero attached hydrogens (tertiary/aromatic N) is 2. The van der Waals surface area contributed by atoms with Crippen LogP contribution in [0.1, 0.15) is 22.3 Å². The molecule has 2 aromatic heterocycles. The Morgan fingerprint density at radius 1 is 0.403 bits per heavy atom. The number of anilines is 3. The van der Waals surface area contributed by atoms with Crippen LogP contribution in [0.25, 0.3) is 71.3 Å². The van der Waals surface area contributed by atoms with Crippen molar-refractivity contribution in [2.24, 2.45) is 0 Å². The largest absolute Gasteiger partial charge is 0.456 e. The number of hydrogen-bond acceptors (Lipinski definition) is 2. The van der Waals surface area contributed by atoms with Crippen molar-refractivity contribution in [1.29, 1.82) is 0 Å². The first-order valence-electron chi connectivity index (χ1n) is 21.3. The van der Waals surface area contributed by atoms with Gasteiger partial charge in [-0.25, -0.2) is 0 Å². The van der Waals surface area contributed by atoms with Gasteiger partial charge < -0.3 is 13.9 Å². The van der Waals surface area contributed by atoms with E-state index in [1.54, 1.807) is 0 Å². The third kappa shape index (κ3) is 4.88. The molecule has 0 unspecified atom stereocenters. The molecular weight excluding hydrogens is 753 g/mol. The molecule has 0 saturated carbocycles. The normalized spacial score (nSPS) is 13.0. The molecule has 0 atom stereocenters. The first-order valence-corrected chi connectivity index (χ1v) is 21.3. The average molecular weight is 791 g/mol. The summed E-state index contributed by atoms with van der Waals surface area (Å²) in [5, 5.41) is 7.11. The predicted octanol–water partition coefficient (Wildman–Crippen LogP) is 15.7. The van der Waals surface area contributed by atoms with Crippen LogP contribution >= 0.6 is 0 Å². The van der Waals surface area contributed by atoms with Crippen LogP contribution in [0.5, 0.6) is 0 Å². The van der Waals surface area contributed by atoms with Crippen molar-refractivity contribution >= 4 is 71.6 Å². The minimum atomic E-state index is -0.586. The lowest BCUT2D eigenvalue weighted by molar-refractivity contribution is 0.669. The molecule has 0 bridgehead atoms. The molecule has 10 aromatic carbocycles. The van der Waals surface area contributed by atoms with Gasteiger partial charge in [-0.3, -0.25) is 0 Å². The molecule has 62 heavy (non-hydrogen) atoms. The van der Waals surface area contributed by atoms with Crippen molar-refractivity contribution in [2.45, 2.75) is 5.41 Å². The highest BCUT2D eigenvalue weighted by Gasteiger charge is 2.47. The van der Waals surface area contributed by atoms with Gasteiger partial charge in [-0.1, -0.05) is 170 Å². The number of benzene rings is 10. The molecule has 0 saturated heterocycles. The molecule has 0 aliphatic heterocycles. The molecule has 1 aliphatic carbocycles. The molecule has 0 spiro atoms. The summed E-state index contributed by atoms with van der Waals surface area (Å²) in [6.07, 6.45) is 0. The summed E-state index contributed by atoms with van der Waals surface area (Å²) < 4.78 is 8.98. The maximum absolute atomic E-state index is 6.58. The van der Waals surface area contributed by atoms with Crippen LogP contribution in [0.15, 0.2) is 235 Å². The van der Waals surface area contributed by atoms with Gasteiger partial charge in [0.1, 0.15) is 11.2 Å². The van der Waals surface area contributed by atoms with Crippen LogP contribution in [-0.2, 0) is 5.41 Å². The molecule has 0 fully saturated rings. The van der Waals surface area contributed by atoms with Crippen molar-refractivity contribution < 1.29 is 4.42 Å². The van der Waals surface area contributed by atoms with E-state index in [0.29, 0.717) is 0 Å². The fourth-order valence-electron chi connectivity index (χ4n) is 10.7. The zero-order valence-corrected chi connectivity index (χ0v) is 33.7. The van der Waals surface area contributed by atoms with E-state index in [1.165, 1.54) is 60.4 Å². The van der Waals surface area contributed by atoms with Gasteiger partial charge in [0.15, 0.2) is 0 Å². The molecular formula is C59H38N2O. The maximum Gasteiger partial charge on any atom is 0.137 e. The highest BCUT2D eigenvalue weighted by molar-refractivity contribution is 6.15. The lowest BCUT2D eigenvalue weighted by atomic mass is 9.67. The first kappa shape index (κ1) is 34.7. The van der Waals surface area contributed by atoms with Crippen molar-refractivity contribution in [2.75, 3.05) is 4.90 Å². The van der Waals surface area contributed by atoms with Crippen molar-refractivity contribution in [3.63, 3.8) is 0 Å². The summed E-state index contributed by atoms with van der Waals surface area (Å²) in [6.45, 7) is 0. The van der Waals surface area contributed by atoms with Gasteiger partial charge in [0, 0.05) is 33.2 Å². The third-order valence-corrected chi connectivity index (χ3v) is 13.2. The van der Waals surface area contributed by atoms with Crippen molar-refractivity contribution in [3.05, 3.63) is 253 Å². The molecule has 12 aromatic rings. The zero-order chi connectivity index (χ0) is 40.8. The minimum absolute atomic E-state index is 0.586. The Morgan fingerprint density at radius 2 is 1.02 bits per heavy atom. The second-order valence-corrected chi connectivity index (χ2v) is 16.4. The van der Waals surface area contributed by atoms with Crippen LogP contribution in [0.2, 0.25) is 0 Å². The van der Waals surface area contributed by atoms with Crippen LogP contribution in [0.4, 0.5) is 17.1 Å². The summed E-state index contributed by atoms with van der Waals surface area (Å²) >= 11 is 0. The Kier molecular flexibility index (Phi) is 7.52. The minimum Gasteiger partial charge on any atom is -0.456 e. The molecule has 2 heterocycles. The highest BCUT2D eigenvalue weighted by atomic mass is 16.3. The zero-order valence-electron chi connectivity index (χ0n) is 33.7. The lowest BCUT2D eigenvalue weighted by Crippen LogP contribution is -2.28. The molecule has 0 N–H and O–H groups in total. The van der Waals surface area contributed by atoms with Crippen LogP contribution in [0, 0.1) is 0 Å². The summed E-state index contributed by atoms with van der Waals surface area (Å²) in [6, 6.07) is 84.2. The Hall–Kier alpha value is -8.14. The Labute approximate surface area is 359 Å². The number of aromatic nitrogens is 1. The van der Waals surface area contributed by atoms with E-state index in [-0.39, 0.29) is 0 Å². The highest BCUT2D eigenvalue weighted by Crippen LogP contribution is 2.59. The summed E-state index contributed by atoms with van der Waals surface area (Å²) in [7, 11) is 0. The van der Waals surface area contributed by atoms with Crippen LogP contribution in [-0.4, -0.2) is 4.57 Å². The second kappa shape index (κ2) is 13.4. The van der Waals surface area contributed by atoms with E-state index in [1.807, 2.05) is 6.07 Å². The molecule has 1 aliphatic rings. The Balaban J connectivity index is 1.15. The first-order chi connectivity index (χ1) is 30.8. The maximum atomic E-state index is 6.58. The van der Waals surface area contributed by atoms with E-state index >= 15 is 0 Å². The topological polar surface area (TPSA) is 21.3 Å². The number of hydrogen-bond donors (Lipinski definition) is 0. The van der Waals surface area contributed by atoms with Gasteiger partial charge in [-0.2, -0.15) is 0 Å². The molecule has 290 valence electrons. The third-order valence-electron chi connectivity index (χ3n) is 13.2. The lowest BCUT2D eigenvalue weighted by Gasteiger charge is -2.35. The van der Waals surface area contributed by atoms with Gasteiger partial charge in [-0.05, 0) is 105 Å². The number of para-hydroxylation sites is 3. The van der Waals surface area contributed by atoms with Gasteiger partial charge in [0.25, 0.3) is 0 Å². The summed E-state index contributed by atoms with van der Waals surface area (Å²) in [5.41, 5.74) is 15.3. The Morgan fingerprint density at radius 3 is 1.81 bits per heavy atom. The molecule has 0 amide bonds. The van der Waals surface area contributed by atoms with Gasteiger partial charge in [-0.15, -0.1) is 0 Å². The monoisotopic (exact) mass is 790 g/mol. The standard InChI is InChI=1S/C59H38N2O/c1-4-18-40(19-5-1)59(41-20-6-2-7-21-41)50-36-31-39-17-10-11-24-45(39)57(50)48-35-33-43(37-51(48)59)60(53-28-16-30-56-58(53)49-26-13-15-29-55(49)62-56)44-32-34-47-46-25-12-14-27-52(46)61(54(47)38-44)42-22-8-3-9-23-42/h1-38H. The van der Waals surface area contributed by atoms with E-state index in [9.17, 15) is 0 Å². The molecule has 13 rings (SSSR count). The van der Waals surface area contributed by atoms with Crippen molar-refractivity contribution in [3.8, 4) is 16.8 Å². The fourth-order valence-corrected chi connectivity index (χ4v) is 10.7. The van der Waals surface area contributed by atoms with Gasteiger partial charge in [0.2, 0.25) is 0 Å². The van der Waals surface area contributed by atoms with E-state index < -0.39 is 5.41 Å². The molecule has 3 nitrogen and oxygen atoms in total. The van der Waals surface area contributed by atoms with E-state index in [2.05, 4.69) is 234 Å². The van der Waals surface area contributed by atoms with Crippen LogP contribution in [0.3, 0.4) is 0 Å². The fraction of sp³-hybridized carbons (Fsp3) is 0.0169. The van der Waals surface area contributed by atoms with Crippen molar-refractivity contribution in [1.82, 2.24) is 4.57 Å². The quantitative estimate of drug-likeness (QED) is 0.167. The Bertz CT molecular complexity index is 3660. The summed E-state index contributed by atoms with van der Waals surface area (Å²) in [4.78, 5) is 2.46. The number of furan rings is 1. The van der Waals surface area contributed by atoms with E-state index in [4.69, 9.17) is 4.42 Å². The van der Waals surface area contributed by atoms with Crippen LogP contribution < -0.4 is 4.90 Å². The average Bonchev–Trinajstić information content (AvgIpc) is 3.99. The summed E-state index contributed by atoms with van der Waals surface area (Å²) in [5.74, 6) is 0. The second-order valence-electron chi connectivity index (χ2n) is 16.4. The van der Waals surface area contributed by atoms with E-state index in [0.717, 1.165) is 50.2 Å². The number of rotatable bonds is 6. The number of fused-ring (bicyclic) bond motifs is 11.